The molecule has 1 heterocycles. The summed E-state index contributed by atoms with van der Waals surface area (Å²) >= 11 is 5.01. The molecule has 12 heavy (non-hydrogen) atoms. The molecule has 0 saturated heterocycles. The van der Waals surface area contributed by atoms with Crippen molar-refractivity contribution in [3.05, 3.63) is 20.8 Å². The van der Waals surface area contributed by atoms with E-state index in [1.54, 1.807) is 23.3 Å². The minimum Gasteiger partial charge on any atom is -0.370 e. The van der Waals surface area contributed by atoms with Crippen molar-refractivity contribution in [1.82, 2.24) is 4.90 Å². The van der Waals surface area contributed by atoms with E-state index in [-0.39, 0.29) is 5.96 Å². The highest BCUT2D eigenvalue weighted by Gasteiger charge is 2.02. The van der Waals surface area contributed by atoms with Crippen LogP contribution in [0.1, 0.15) is 5.56 Å². The second-order valence-corrected chi connectivity index (χ2v) is 4.79. The molecule has 0 saturated carbocycles. The van der Waals surface area contributed by atoms with Crippen molar-refractivity contribution in [2.24, 2.45) is 5.73 Å². The summed E-state index contributed by atoms with van der Waals surface area (Å²) in [6.45, 7) is 0.692. The number of halogens is 1. The molecule has 0 spiro atoms. The molecule has 66 valence electrons. The van der Waals surface area contributed by atoms with E-state index in [4.69, 9.17) is 11.1 Å². The van der Waals surface area contributed by atoms with Gasteiger partial charge in [0.15, 0.2) is 5.96 Å². The highest BCUT2D eigenvalue weighted by Crippen LogP contribution is 2.21. The van der Waals surface area contributed by atoms with Crippen LogP contribution in [0.25, 0.3) is 0 Å². The van der Waals surface area contributed by atoms with Crippen molar-refractivity contribution >= 4 is 33.2 Å². The van der Waals surface area contributed by atoms with Gasteiger partial charge in [0.05, 0.1) is 3.79 Å². The number of thiophene rings is 1. The third kappa shape index (κ3) is 2.49. The normalized spacial score (nSPS) is 9.83. The highest BCUT2D eigenvalue weighted by atomic mass is 79.9. The molecule has 0 aliphatic rings. The zero-order valence-electron chi connectivity index (χ0n) is 6.67. The van der Waals surface area contributed by atoms with Crippen molar-refractivity contribution in [1.29, 1.82) is 5.41 Å². The third-order valence-corrected chi connectivity index (χ3v) is 3.01. The Morgan fingerprint density at radius 1 is 1.83 bits per heavy atom. The molecule has 0 aliphatic heterocycles. The SMILES string of the molecule is CN(Cc1csc(Br)c1)C(=N)N. The fourth-order valence-corrected chi connectivity index (χ4v) is 1.99. The fourth-order valence-electron chi connectivity index (χ4n) is 0.788. The van der Waals surface area contributed by atoms with Crippen LogP contribution in [0.2, 0.25) is 0 Å². The summed E-state index contributed by atoms with van der Waals surface area (Å²) in [6, 6.07) is 2.03. The standard InChI is InChI=1S/C7H10BrN3S/c1-11(7(9)10)3-5-2-6(8)12-4-5/h2,4H,3H2,1H3,(H3,9,10). The summed E-state index contributed by atoms with van der Waals surface area (Å²) in [4.78, 5) is 1.69. The number of nitrogens with one attached hydrogen (secondary N) is 1. The number of rotatable bonds is 2. The Morgan fingerprint density at radius 3 is 2.92 bits per heavy atom. The second kappa shape index (κ2) is 3.91. The van der Waals surface area contributed by atoms with Gasteiger partial charge in [0.25, 0.3) is 0 Å². The Bertz CT molecular complexity index is 284. The van der Waals surface area contributed by atoms with Crippen LogP contribution in [-0.4, -0.2) is 17.9 Å². The van der Waals surface area contributed by atoms with Gasteiger partial charge in [0, 0.05) is 13.6 Å². The summed E-state index contributed by atoms with van der Waals surface area (Å²) in [5.74, 6) is 0.0947. The lowest BCUT2D eigenvalue weighted by atomic mass is 10.3. The number of hydrogen-bond donors (Lipinski definition) is 2. The molecule has 3 nitrogen and oxygen atoms in total. The van der Waals surface area contributed by atoms with Crippen molar-refractivity contribution in [2.75, 3.05) is 7.05 Å². The van der Waals surface area contributed by atoms with Gasteiger partial charge in [-0.15, -0.1) is 11.3 Å². The van der Waals surface area contributed by atoms with Crippen LogP contribution in [0, 0.1) is 5.41 Å². The average molecular weight is 248 g/mol. The number of guanidine groups is 1. The van der Waals surface area contributed by atoms with E-state index < -0.39 is 0 Å². The van der Waals surface area contributed by atoms with Gasteiger partial charge in [0.2, 0.25) is 0 Å². The van der Waals surface area contributed by atoms with Crippen LogP contribution >= 0.6 is 27.3 Å². The van der Waals surface area contributed by atoms with E-state index in [9.17, 15) is 0 Å². The molecule has 1 aromatic heterocycles. The quantitative estimate of drug-likeness (QED) is 0.619. The summed E-state index contributed by atoms with van der Waals surface area (Å²) < 4.78 is 1.11. The minimum absolute atomic E-state index is 0.0947. The first-order chi connectivity index (χ1) is 5.59. The van der Waals surface area contributed by atoms with Crippen molar-refractivity contribution < 1.29 is 0 Å². The highest BCUT2D eigenvalue weighted by molar-refractivity contribution is 9.11. The fraction of sp³-hybridized carbons (Fsp3) is 0.286. The van der Waals surface area contributed by atoms with E-state index in [0.29, 0.717) is 6.54 Å². The van der Waals surface area contributed by atoms with E-state index in [1.807, 2.05) is 11.4 Å². The maximum Gasteiger partial charge on any atom is 0.188 e. The van der Waals surface area contributed by atoms with Gasteiger partial charge >= 0.3 is 0 Å². The van der Waals surface area contributed by atoms with Crippen LogP contribution in [-0.2, 0) is 6.54 Å². The largest absolute Gasteiger partial charge is 0.370 e. The Balaban J connectivity index is 2.58. The molecule has 0 aromatic carbocycles. The van der Waals surface area contributed by atoms with Gasteiger partial charge < -0.3 is 10.6 Å². The first-order valence-corrected chi connectivity index (χ1v) is 5.05. The van der Waals surface area contributed by atoms with Crippen LogP contribution in [0.15, 0.2) is 15.2 Å². The predicted octanol–water partition coefficient (Wildman–Crippen LogP) is 1.84. The maximum atomic E-state index is 7.15. The maximum absolute atomic E-state index is 7.15. The molecule has 0 bridgehead atoms. The molecule has 0 unspecified atom stereocenters. The summed E-state index contributed by atoms with van der Waals surface area (Å²) in [7, 11) is 1.80. The molecule has 0 atom stereocenters. The zero-order valence-corrected chi connectivity index (χ0v) is 9.08. The smallest absolute Gasteiger partial charge is 0.188 e. The van der Waals surface area contributed by atoms with Crippen LogP contribution in [0.4, 0.5) is 0 Å². The van der Waals surface area contributed by atoms with Gasteiger partial charge in [-0.3, -0.25) is 5.41 Å². The average Bonchev–Trinajstić information content (AvgIpc) is 2.35. The Hall–Kier alpha value is -0.550. The summed E-state index contributed by atoms with van der Waals surface area (Å²) in [5, 5.41) is 9.20. The van der Waals surface area contributed by atoms with E-state index in [2.05, 4.69) is 15.9 Å². The molecule has 3 N–H and O–H groups in total. The first kappa shape index (κ1) is 9.54. The van der Waals surface area contributed by atoms with E-state index in [1.165, 1.54) is 5.56 Å². The molecular formula is C7H10BrN3S. The topological polar surface area (TPSA) is 53.1 Å². The van der Waals surface area contributed by atoms with E-state index >= 15 is 0 Å². The van der Waals surface area contributed by atoms with Crippen LogP contribution in [0.3, 0.4) is 0 Å². The van der Waals surface area contributed by atoms with Gasteiger partial charge in [-0.05, 0) is 32.9 Å². The minimum atomic E-state index is 0.0947. The monoisotopic (exact) mass is 247 g/mol. The van der Waals surface area contributed by atoms with Gasteiger partial charge in [-0.25, -0.2) is 0 Å². The number of nitrogens with two attached hydrogens (primary N) is 1. The zero-order chi connectivity index (χ0) is 9.14. The molecule has 5 heteroatoms. The molecule has 0 aliphatic carbocycles. The van der Waals surface area contributed by atoms with Gasteiger partial charge in [0.1, 0.15) is 0 Å². The third-order valence-electron chi connectivity index (χ3n) is 1.45. The lowest BCUT2D eigenvalue weighted by molar-refractivity contribution is 0.492. The Morgan fingerprint density at radius 2 is 2.50 bits per heavy atom. The molecule has 1 aromatic rings. The van der Waals surface area contributed by atoms with Gasteiger partial charge in [-0.2, -0.15) is 0 Å². The van der Waals surface area contributed by atoms with Crippen molar-refractivity contribution in [3.8, 4) is 0 Å². The molecule has 0 fully saturated rings. The van der Waals surface area contributed by atoms with E-state index in [0.717, 1.165) is 3.79 Å². The van der Waals surface area contributed by atoms with Crippen LogP contribution < -0.4 is 5.73 Å². The second-order valence-electron chi connectivity index (χ2n) is 2.50. The number of nitrogens with zero attached hydrogens (tertiary/aromatic N) is 1. The first-order valence-electron chi connectivity index (χ1n) is 3.37. The van der Waals surface area contributed by atoms with Crippen molar-refractivity contribution in [2.45, 2.75) is 6.54 Å². The van der Waals surface area contributed by atoms with Crippen molar-refractivity contribution in [3.63, 3.8) is 0 Å². The lowest BCUT2D eigenvalue weighted by Gasteiger charge is -2.14. The Labute approximate surface area is 83.8 Å². The Kier molecular flexibility index (Phi) is 3.11. The summed E-state index contributed by atoms with van der Waals surface area (Å²) in [5.41, 5.74) is 6.46. The lowest BCUT2D eigenvalue weighted by Crippen LogP contribution is -2.31. The molecular weight excluding hydrogens is 238 g/mol. The molecule has 0 radical (unpaired) electrons. The van der Waals surface area contributed by atoms with Crippen LogP contribution in [0.5, 0.6) is 0 Å². The van der Waals surface area contributed by atoms with Gasteiger partial charge in [-0.1, -0.05) is 0 Å². The number of hydrogen-bond acceptors (Lipinski definition) is 2. The predicted molar refractivity (Wildman–Crippen MR) is 55.4 cm³/mol. The molecule has 1 rings (SSSR count). The summed E-state index contributed by atoms with van der Waals surface area (Å²) in [6.07, 6.45) is 0. The molecule has 0 amide bonds.